The van der Waals surface area contributed by atoms with Crippen LogP contribution in [0, 0.1) is 6.92 Å². The van der Waals surface area contributed by atoms with Gasteiger partial charge in [0.25, 0.3) is 5.91 Å². The normalized spacial score (nSPS) is 18.5. The Morgan fingerprint density at radius 3 is 2.74 bits per heavy atom. The number of hydrogen-bond donors (Lipinski definition) is 1. The summed E-state index contributed by atoms with van der Waals surface area (Å²) in [5.41, 5.74) is 1.37. The highest BCUT2D eigenvalue weighted by Crippen LogP contribution is 2.46. The van der Waals surface area contributed by atoms with Crippen molar-refractivity contribution in [3.8, 4) is 0 Å². The topological polar surface area (TPSA) is 68.0 Å². The van der Waals surface area contributed by atoms with Crippen LogP contribution in [0.1, 0.15) is 45.1 Å². The van der Waals surface area contributed by atoms with Gasteiger partial charge in [0.2, 0.25) is 0 Å². The molecule has 2 atom stereocenters. The van der Waals surface area contributed by atoms with Crippen LogP contribution in [0.5, 0.6) is 0 Å². The molecule has 1 aliphatic heterocycles. The third-order valence-corrected chi connectivity index (χ3v) is 6.60. The summed E-state index contributed by atoms with van der Waals surface area (Å²) in [6, 6.07) is 1.08. The summed E-state index contributed by atoms with van der Waals surface area (Å²) < 4.78 is 43.9. The van der Waals surface area contributed by atoms with Gasteiger partial charge in [-0.05, 0) is 18.4 Å². The Balaban J connectivity index is 1.67. The van der Waals surface area contributed by atoms with Crippen molar-refractivity contribution in [2.75, 3.05) is 12.4 Å². The van der Waals surface area contributed by atoms with Crippen molar-refractivity contribution in [3.05, 3.63) is 50.6 Å². The number of nitrogens with zero attached hydrogens (tertiary/aromatic N) is 5. The zero-order chi connectivity index (χ0) is 22.5. The Morgan fingerprint density at radius 1 is 1.42 bits per heavy atom. The number of thiophene rings is 1. The number of aromatic nitrogens is 4. The van der Waals surface area contributed by atoms with E-state index in [1.54, 1.807) is 42.5 Å². The molecule has 1 aliphatic rings. The van der Waals surface area contributed by atoms with Gasteiger partial charge in [-0.3, -0.25) is 9.48 Å². The maximum atomic E-state index is 13.8. The van der Waals surface area contributed by atoms with Crippen molar-refractivity contribution in [2.45, 2.75) is 38.1 Å². The van der Waals surface area contributed by atoms with E-state index in [0.717, 1.165) is 20.8 Å². The van der Waals surface area contributed by atoms with E-state index in [4.69, 9.17) is 11.6 Å². The number of amides is 1. The Morgan fingerprint density at radius 2 is 2.16 bits per heavy atom. The SMILES string of the molecule is Cc1nn(C)cc1CN(C)C(=O)c1nn2c(c1Cl)N[C@H](c1cccs1)C[C@H]2C(F)(F)F. The van der Waals surface area contributed by atoms with E-state index in [9.17, 15) is 18.0 Å². The number of anilines is 1. The lowest BCUT2D eigenvalue weighted by Gasteiger charge is -2.32. The number of hydrogen-bond acceptors (Lipinski definition) is 5. The first-order chi connectivity index (χ1) is 14.6. The van der Waals surface area contributed by atoms with Crippen LogP contribution in [0.15, 0.2) is 23.7 Å². The maximum absolute atomic E-state index is 13.8. The van der Waals surface area contributed by atoms with Gasteiger partial charge in [0.05, 0.1) is 11.7 Å². The molecule has 0 fully saturated rings. The molecule has 0 saturated heterocycles. The Bertz CT molecular complexity index is 1110. The van der Waals surface area contributed by atoms with E-state index in [1.165, 1.54) is 16.2 Å². The minimum Gasteiger partial charge on any atom is -0.361 e. The summed E-state index contributed by atoms with van der Waals surface area (Å²) in [5.74, 6) is -0.562. The monoisotopic (exact) mass is 472 g/mol. The number of aryl methyl sites for hydroxylation is 2. The van der Waals surface area contributed by atoms with Gasteiger partial charge in [0.1, 0.15) is 10.8 Å². The molecule has 0 aliphatic carbocycles. The predicted octanol–water partition coefficient (Wildman–Crippen LogP) is 4.57. The molecule has 3 aromatic heterocycles. The quantitative estimate of drug-likeness (QED) is 0.604. The van der Waals surface area contributed by atoms with E-state index in [0.29, 0.717) is 0 Å². The lowest BCUT2D eigenvalue weighted by molar-refractivity contribution is -0.173. The minimum atomic E-state index is -4.54. The highest BCUT2D eigenvalue weighted by molar-refractivity contribution is 7.10. The zero-order valence-electron chi connectivity index (χ0n) is 16.9. The molecule has 1 N–H and O–H groups in total. The molecule has 7 nitrogen and oxygen atoms in total. The van der Waals surface area contributed by atoms with Crippen molar-refractivity contribution >= 4 is 34.7 Å². The fraction of sp³-hybridized carbons (Fsp3) is 0.421. The molecule has 12 heteroatoms. The van der Waals surface area contributed by atoms with Gasteiger partial charge in [-0.1, -0.05) is 17.7 Å². The van der Waals surface area contributed by atoms with Gasteiger partial charge in [-0.2, -0.15) is 23.4 Å². The van der Waals surface area contributed by atoms with Crippen molar-refractivity contribution < 1.29 is 18.0 Å². The van der Waals surface area contributed by atoms with Gasteiger partial charge < -0.3 is 10.2 Å². The van der Waals surface area contributed by atoms with Crippen LogP contribution in [0.2, 0.25) is 5.02 Å². The largest absolute Gasteiger partial charge is 0.410 e. The van der Waals surface area contributed by atoms with E-state index in [1.807, 2.05) is 6.92 Å². The molecule has 31 heavy (non-hydrogen) atoms. The van der Waals surface area contributed by atoms with Crippen molar-refractivity contribution in [1.82, 2.24) is 24.5 Å². The van der Waals surface area contributed by atoms with E-state index < -0.39 is 24.2 Å². The molecule has 0 saturated carbocycles. The Labute approximate surface area is 185 Å². The first-order valence-electron chi connectivity index (χ1n) is 9.45. The van der Waals surface area contributed by atoms with E-state index >= 15 is 0 Å². The summed E-state index contributed by atoms with van der Waals surface area (Å²) in [6.45, 7) is 2.05. The number of nitrogens with one attached hydrogen (secondary N) is 1. The average molecular weight is 473 g/mol. The van der Waals surface area contributed by atoms with Crippen molar-refractivity contribution in [3.63, 3.8) is 0 Å². The molecule has 1 amide bonds. The lowest BCUT2D eigenvalue weighted by atomic mass is 10.0. The van der Waals surface area contributed by atoms with Crippen LogP contribution < -0.4 is 5.32 Å². The van der Waals surface area contributed by atoms with Crippen LogP contribution in [0.4, 0.5) is 19.0 Å². The molecule has 0 aromatic carbocycles. The number of fused-ring (bicyclic) bond motifs is 1. The lowest BCUT2D eigenvalue weighted by Crippen LogP contribution is -2.35. The van der Waals surface area contributed by atoms with E-state index in [-0.39, 0.29) is 29.5 Å². The molecule has 4 heterocycles. The number of alkyl halides is 3. The van der Waals surface area contributed by atoms with Crippen LogP contribution >= 0.6 is 22.9 Å². The molecule has 0 unspecified atom stereocenters. The van der Waals surface area contributed by atoms with Gasteiger partial charge >= 0.3 is 6.18 Å². The smallest absolute Gasteiger partial charge is 0.361 e. The second kappa shape index (κ2) is 7.86. The predicted molar refractivity (Wildman–Crippen MR) is 111 cm³/mol. The first kappa shape index (κ1) is 21.7. The van der Waals surface area contributed by atoms with Crippen LogP contribution in [0.3, 0.4) is 0 Å². The van der Waals surface area contributed by atoms with Gasteiger partial charge in [-0.15, -0.1) is 11.3 Å². The summed E-state index contributed by atoms with van der Waals surface area (Å²) >= 11 is 7.75. The molecule has 3 aromatic rings. The summed E-state index contributed by atoms with van der Waals surface area (Å²) in [6.07, 6.45) is -3.00. The first-order valence-corrected chi connectivity index (χ1v) is 10.7. The van der Waals surface area contributed by atoms with Gasteiger partial charge in [-0.25, -0.2) is 4.68 Å². The van der Waals surface area contributed by atoms with Crippen molar-refractivity contribution in [2.24, 2.45) is 7.05 Å². The second-order valence-corrected chi connectivity index (χ2v) is 8.89. The maximum Gasteiger partial charge on any atom is 0.410 e. The summed E-state index contributed by atoms with van der Waals surface area (Å²) in [7, 11) is 3.32. The third kappa shape index (κ3) is 4.03. The van der Waals surface area contributed by atoms with Crippen LogP contribution in [-0.2, 0) is 13.6 Å². The summed E-state index contributed by atoms with van der Waals surface area (Å²) in [5, 5.41) is 13.0. The highest BCUT2D eigenvalue weighted by Gasteiger charge is 2.48. The average Bonchev–Trinajstić information content (AvgIpc) is 3.40. The number of rotatable bonds is 4. The molecule has 0 bridgehead atoms. The van der Waals surface area contributed by atoms with Gasteiger partial charge in [0, 0.05) is 43.7 Å². The van der Waals surface area contributed by atoms with Crippen LogP contribution in [0.25, 0.3) is 0 Å². The second-order valence-electron chi connectivity index (χ2n) is 7.54. The fourth-order valence-electron chi connectivity index (χ4n) is 3.71. The third-order valence-electron chi connectivity index (χ3n) is 5.25. The zero-order valence-corrected chi connectivity index (χ0v) is 18.5. The fourth-order valence-corrected chi connectivity index (χ4v) is 4.76. The van der Waals surface area contributed by atoms with Crippen LogP contribution in [-0.4, -0.2) is 43.6 Å². The Hall–Kier alpha value is -2.53. The molecule has 166 valence electrons. The highest BCUT2D eigenvalue weighted by atomic mass is 35.5. The minimum absolute atomic E-state index is 0.00273. The van der Waals surface area contributed by atoms with Crippen molar-refractivity contribution in [1.29, 1.82) is 0 Å². The molecule has 0 spiro atoms. The van der Waals surface area contributed by atoms with Gasteiger partial charge in [0.15, 0.2) is 11.7 Å². The number of halogens is 4. The number of carbonyl (C=O) groups excluding carboxylic acids is 1. The molecular formula is C19H20ClF3N6OS. The number of carbonyl (C=O) groups is 1. The van der Waals surface area contributed by atoms with E-state index in [2.05, 4.69) is 15.5 Å². The summed E-state index contributed by atoms with van der Waals surface area (Å²) in [4.78, 5) is 15.1. The molecule has 4 rings (SSSR count). The molecule has 0 radical (unpaired) electrons. The Kier molecular flexibility index (Phi) is 5.50. The standard InChI is InChI=1S/C19H20ClF3N6OS/c1-10-11(9-28(3)25-10)8-27(2)18(30)16-15(20)17-24-12(13-5-4-6-31-13)7-14(19(21,22)23)29(17)26-16/h4-6,9,12,14,24H,7-8H2,1-3H3/t12-,14-/m0/s1. The molecular weight excluding hydrogens is 453 g/mol.